The van der Waals surface area contributed by atoms with Gasteiger partial charge >= 0.3 is 0 Å². The normalized spacial score (nSPS) is 10.5. The van der Waals surface area contributed by atoms with Crippen molar-refractivity contribution in [3.63, 3.8) is 0 Å². The summed E-state index contributed by atoms with van der Waals surface area (Å²) in [6.07, 6.45) is 3.99. The monoisotopic (exact) mass is 281 g/mol. The highest BCUT2D eigenvalue weighted by Gasteiger charge is 2.14. The summed E-state index contributed by atoms with van der Waals surface area (Å²) in [5, 5.41) is 9.68. The average Bonchev–Trinajstić information content (AvgIpc) is 3.17. The summed E-state index contributed by atoms with van der Waals surface area (Å²) >= 11 is 0. The van der Waals surface area contributed by atoms with Crippen molar-refractivity contribution in [3.8, 4) is 5.69 Å². The first kappa shape index (κ1) is 13.1. The Morgan fingerprint density at radius 3 is 2.86 bits per heavy atom. The number of carbonyl (C=O) groups is 1. The van der Waals surface area contributed by atoms with Crippen molar-refractivity contribution in [2.24, 2.45) is 0 Å². The van der Waals surface area contributed by atoms with Gasteiger partial charge in [0.1, 0.15) is 5.69 Å². The zero-order valence-electron chi connectivity index (χ0n) is 11.6. The van der Waals surface area contributed by atoms with Crippen LogP contribution in [-0.4, -0.2) is 25.7 Å². The van der Waals surface area contributed by atoms with Gasteiger partial charge < -0.3 is 5.32 Å². The van der Waals surface area contributed by atoms with Crippen molar-refractivity contribution in [3.05, 3.63) is 60.3 Å². The number of hydrogen-bond donors (Lipinski definition) is 2. The molecule has 1 aromatic carbocycles. The third-order valence-electron chi connectivity index (χ3n) is 3.16. The number of rotatable bonds is 4. The number of aromatic amines is 1. The van der Waals surface area contributed by atoms with E-state index < -0.39 is 0 Å². The van der Waals surface area contributed by atoms with Gasteiger partial charge in [0.25, 0.3) is 5.91 Å². The van der Waals surface area contributed by atoms with Crippen LogP contribution in [0.5, 0.6) is 0 Å². The third kappa shape index (κ3) is 2.69. The highest BCUT2D eigenvalue weighted by molar-refractivity contribution is 6.02. The van der Waals surface area contributed by atoms with Gasteiger partial charge in [0.15, 0.2) is 5.82 Å². The molecular weight excluding hydrogens is 266 g/mol. The molecule has 0 fully saturated rings. The smallest absolute Gasteiger partial charge is 0.275 e. The fourth-order valence-corrected chi connectivity index (χ4v) is 2.04. The van der Waals surface area contributed by atoms with Crippen LogP contribution in [0.1, 0.15) is 23.1 Å². The summed E-state index contributed by atoms with van der Waals surface area (Å²) in [6.45, 7) is 2.02. The van der Waals surface area contributed by atoms with Gasteiger partial charge in [-0.05, 0) is 18.6 Å². The van der Waals surface area contributed by atoms with Gasteiger partial charge in [-0.15, -0.1) is 0 Å². The van der Waals surface area contributed by atoms with E-state index in [1.165, 1.54) is 6.20 Å². The molecule has 0 bridgehead atoms. The van der Waals surface area contributed by atoms with E-state index in [-0.39, 0.29) is 5.91 Å². The highest BCUT2D eigenvalue weighted by Crippen LogP contribution is 2.13. The molecule has 0 radical (unpaired) electrons. The number of amides is 1. The number of aromatic nitrogens is 4. The van der Waals surface area contributed by atoms with Crippen LogP contribution in [0.3, 0.4) is 0 Å². The van der Waals surface area contributed by atoms with Crippen LogP contribution < -0.4 is 5.32 Å². The Morgan fingerprint density at radius 1 is 1.33 bits per heavy atom. The van der Waals surface area contributed by atoms with Crippen LogP contribution in [0.15, 0.2) is 48.9 Å². The van der Waals surface area contributed by atoms with Gasteiger partial charge in [-0.2, -0.15) is 5.10 Å². The molecule has 0 aliphatic carbocycles. The van der Waals surface area contributed by atoms with E-state index in [1.54, 1.807) is 10.9 Å². The van der Waals surface area contributed by atoms with Crippen molar-refractivity contribution in [1.82, 2.24) is 19.7 Å². The maximum absolute atomic E-state index is 12.3. The molecule has 106 valence electrons. The number of nitrogens with zero attached hydrogens (tertiary/aromatic N) is 3. The summed E-state index contributed by atoms with van der Waals surface area (Å²) in [5.41, 5.74) is 2.32. The summed E-state index contributed by atoms with van der Waals surface area (Å²) in [6, 6.07) is 11.4. The van der Waals surface area contributed by atoms with Gasteiger partial charge in [0.2, 0.25) is 0 Å². The highest BCUT2D eigenvalue weighted by atomic mass is 16.2. The molecular formula is C15H15N5O. The predicted molar refractivity (Wildman–Crippen MR) is 79.5 cm³/mol. The molecule has 6 nitrogen and oxygen atoms in total. The Bertz CT molecular complexity index is 744. The molecule has 0 atom stereocenters. The molecule has 0 saturated carbocycles. The summed E-state index contributed by atoms with van der Waals surface area (Å²) in [4.78, 5) is 16.4. The van der Waals surface area contributed by atoms with Crippen LogP contribution in [0.2, 0.25) is 0 Å². The first-order valence-corrected chi connectivity index (χ1v) is 6.71. The van der Waals surface area contributed by atoms with E-state index in [9.17, 15) is 4.79 Å². The summed E-state index contributed by atoms with van der Waals surface area (Å²) < 4.78 is 1.74. The van der Waals surface area contributed by atoms with Gasteiger partial charge in [-0.1, -0.05) is 25.1 Å². The molecule has 0 saturated heterocycles. The number of para-hydroxylation sites is 1. The lowest BCUT2D eigenvalue weighted by Crippen LogP contribution is -2.16. The zero-order chi connectivity index (χ0) is 14.7. The molecule has 0 aliphatic heterocycles. The summed E-state index contributed by atoms with van der Waals surface area (Å²) in [7, 11) is 0. The van der Waals surface area contributed by atoms with Crippen LogP contribution in [0.4, 0.5) is 5.82 Å². The Labute approximate surface area is 121 Å². The number of H-pyrrole nitrogens is 1. The lowest BCUT2D eigenvalue weighted by molar-refractivity contribution is 0.102. The van der Waals surface area contributed by atoms with Crippen molar-refractivity contribution >= 4 is 11.7 Å². The molecule has 2 heterocycles. The topological polar surface area (TPSA) is 75.6 Å². The standard InChI is InChI=1S/C15H15N5O/c1-2-11-8-14(19-18-11)17-15(21)13-9-16-10-20(13)12-6-4-3-5-7-12/h3-10H,2H2,1H3,(H2,17,18,19,21). The number of imidazole rings is 1. The predicted octanol–water partition coefficient (Wildman–Crippen LogP) is 2.41. The number of hydrogen-bond acceptors (Lipinski definition) is 3. The largest absolute Gasteiger partial charge is 0.304 e. The SMILES string of the molecule is CCc1cc(NC(=O)c2cncn2-c2ccccc2)n[nH]1. The van der Waals surface area contributed by atoms with Crippen molar-refractivity contribution < 1.29 is 4.79 Å². The van der Waals surface area contributed by atoms with Crippen molar-refractivity contribution in [2.75, 3.05) is 5.32 Å². The molecule has 0 unspecified atom stereocenters. The lowest BCUT2D eigenvalue weighted by Gasteiger charge is -2.07. The fraction of sp³-hybridized carbons (Fsp3) is 0.133. The second-order valence-electron chi connectivity index (χ2n) is 4.57. The Kier molecular flexibility index (Phi) is 3.51. The second-order valence-corrected chi connectivity index (χ2v) is 4.57. The van der Waals surface area contributed by atoms with Crippen LogP contribution in [0, 0.1) is 0 Å². The average molecular weight is 281 g/mol. The van der Waals surface area contributed by atoms with E-state index in [0.717, 1.165) is 17.8 Å². The molecule has 3 aromatic rings. The maximum Gasteiger partial charge on any atom is 0.275 e. The Morgan fingerprint density at radius 2 is 2.14 bits per heavy atom. The van der Waals surface area contributed by atoms with Gasteiger partial charge in [0, 0.05) is 17.4 Å². The molecule has 2 aromatic heterocycles. The van der Waals surface area contributed by atoms with E-state index in [4.69, 9.17) is 0 Å². The quantitative estimate of drug-likeness (QED) is 0.771. The van der Waals surface area contributed by atoms with Crippen molar-refractivity contribution in [1.29, 1.82) is 0 Å². The Balaban J connectivity index is 1.84. The van der Waals surface area contributed by atoms with Crippen LogP contribution in [-0.2, 0) is 6.42 Å². The molecule has 1 amide bonds. The van der Waals surface area contributed by atoms with E-state index >= 15 is 0 Å². The zero-order valence-corrected chi connectivity index (χ0v) is 11.6. The minimum absolute atomic E-state index is 0.245. The molecule has 2 N–H and O–H groups in total. The first-order valence-electron chi connectivity index (χ1n) is 6.71. The number of anilines is 1. The van der Waals surface area contributed by atoms with Crippen LogP contribution >= 0.6 is 0 Å². The van der Waals surface area contributed by atoms with Gasteiger partial charge in [-0.25, -0.2) is 4.98 Å². The minimum Gasteiger partial charge on any atom is -0.304 e. The lowest BCUT2D eigenvalue weighted by atomic mass is 10.3. The number of benzene rings is 1. The summed E-state index contributed by atoms with van der Waals surface area (Å²) in [5.74, 6) is 0.267. The number of nitrogens with one attached hydrogen (secondary N) is 2. The van der Waals surface area contributed by atoms with E-state index in [2.05, 4.69) is 20.5 Å². The molecule has 0 aliphatic rings. The fourth-order valence-electron chi connectivity index (χ4n) is 2.04. The van der Waals surface area contributed by atoms with Gasteiger partial charge in [-0.3, -0.25) is 14.5 Å². The molecule has 0 spiro atoms. The Hall–Kier alpha value is -2.89. The first-order chi connectivity index (χ1) is 10.3. The maximum atomic E-state index is 12.3. The van der Waals surface area contributed by atoms with Gasteiger partial charge in [0.05, 0.1) is 12.5 Å². The number of carbonyl (C=O) groups excluding carboxylic acids is 1. The molecule has 3 rings (SSSR count). The minimum atomic E-state index is -0.245. The molecule has 6 heteroatoms. The van der Waals surface area contributed by atoms with E-state index in [0.29, 0.717) is 11.5 Å². The van der Waals surface area contributed by atoms with E-state index in [1.807, 2.05) is 43.3 Å². The van der Waals surface area contributed by atoms with Crippen molar-refractivity contribution in [2.45, 2.75) is 13.3 Å². The molecule has 21 heavy (non-hydrogen) atoms. The third-order valence-corrected chi connectivity index (χ3v) is 3.16. The second kappa shape index (κ2) is 5.62. The number of aryl methyl sites for hydroxylation is 1. The van der Waals surface area contributed by atoms with Crippen LogP contribution in [0.25, 0.3) is 5.69 Å².